The van der Waals surface area contributed by atoms with E-state index in [-0.39, 0.29) is 0 Å². The summed E-state index contributed by atoms with van der Waals surface area (Å²) in [5.41, 5.74) is 9.16. The van der Waals surface area contributed by atoms with Crippen molar-refractivity contribution in [1.82, 2.24) is 24.2 Å². The Morgan fingerprint density at radius 3 is 2.65 bits per heavy atom. The zero-order valence-electron chi connectivity index (χ0n) is 12.6. The molecule has 1 unspecified atom stereocenters. The zero-order valence-corrected chi connectivity index (χ0v) is 12.6. The number of likely N-dealkylation sites (tertiary alicyclic amines) is 1. The molecular formula is C14H24N6. The van der Waals surface area contributed by atoms with Crippen LogP contribution in [-0.2, 0) is 20.0 Å². The number of hydrogen-bond donors (Lipinski definition) is 1. The minimum atomic E-state index is 0.483. The van der Waals surface area contributed by atoms with Crippen molar-refractivity contribution in [3.8, 4) is 0 Å². The van der Waals surface area contributed by atoms with Gasteiger partial charge in [0.1, 0.15) is 5.52 Å². The molecule has 3 heterocycles. The van der Waals surface area contributed by atoms with Crippen LogP contribution in [0.15, 0.2) is 0 Å². The highest BCUT2D eigenvalue weighted by atomic mass is 15.4. The summed E-state index contributed by atoms with van der Waals surface area (Å²) < 4.78 is 4.03. The summed E-state index contributed by atoms with van der Waals surface area (Å²) in [5.74, 6) is 0.605. The molecule has 6 nitrogen and oxygen atoms in total. The first-order chi connectivity index (χ1) is 9.61. The topological polar surface area (TPSA) is 64.9 Å². The molecule has 1 aliphatic rings. The maximum Gasteiger partial charge on any atom is 0.202 e. The average molecular weight is 276 g/mol. The molecule has 6 heteroatoms. The van der Waals surface area contributed by atoms with Crippen molar-refractivity contribution in [1.29, 1.82) is 0 Å². The van der Waals surface area contributed by atoms with Crippen molar-refractivity contribution in [2.24, 2.45) is 7.05 Å². The highest BCUT2D eigenvalue weighted by molar-refractivity contribution is 5.77. The quantitative estimate of drug-likeness (QED) is 0.916. The van der Waals surface area contributed by atoms with Crippen molar-refractivity contribution in [3.63, 3.8) is 0 Å². The lowest BCUT2D eigenvalue weighted by atomic mass is 10.3. The van der Waals surface area contributed by atoms with Gasteiger partial charge in [0.25, 0.3) is 0 Å². The third-order valence-corrected chi connectivity index (χ3v) is 4.37. The van der Waals surface area contributed by atoms with Gasteiger partial charge < -0.3 is 5.73 Å². The van der Waals surface area contributed by atoms with Gasteiger partial charge in [0.05, 0.1) is 5.69 Å². The predicted molar refractivity (Wildman–Crippen MR) is 80.6 cm³/mol. The number of aromatic nitrogens is 4. The van der Waals surface area contributed by atoms with Crippen LogP contribution >= 0.6 is 0 Å². The number of imidazole rings is 1. The first-order valence-electron chi connectivity index (χ1n) is 7.53. The monoisotopic (exact) mass is 276 g/mol. The molecule has 1 atom stereocenters. The van der Waals surface area contributed by atoms with Gasteiger partial charge in [-0.25, -0.2) is 4.98 Å². The number of hydrogen-bond acceptors (Lipinski definition) is 4. The van der Waals surface area contributed by atoms with E-state index in [0.29, 0.717) is 12.0 Å². The van der Waals surface area contributed by atoms with E-state index in [1.54, 1.807) is 0 Å². The van der Waals surface area contributed by atoms with Crippen LogP contribution in [0.2, 0.25) is 0 Å². The van der Waals surface area contributed by atoms with E-state index in [4.69, 9.17) is 5.73 Å². The maximum absolute atomic E-state index is 6.13. The van der Waals surface area contributed by atoms with Crippen LogP contribution in [0.25, 0.3) is 11.2 Å². The molecule has 0 aliphatic carbocycles. The van der Waals surface area contributed by atoms with Crippen molar-refractivity contribution in [2.75, 3.05) is 18.8 Å². The Balaban J connectivity index is 1.94. The van der Waals surface area contributed by atoms with Gasteiger partial charge >= 0.3 is 0 Å². The van der Waals surface area contributed by atoms with E-state index in [9.17, 15) is 0 Å². The molecule has 1 fully saturated rings. The number of nitrogens with zero attached hydrogens (tertiary/aromatic N) is 5. The SMILES string of the molecule is CCc1nn(C)c2c1nc(N)n2CC(C)N1CCCC1. The van der Waals surface area contributed by atoms with Crippen LogP contribution in [0.4, 0.5) is 5.95 Å². The molecule has 0 spiro atoms. The van der Waals surface area contributed by atoms with Gasteiger partial charge in [0.2, 0.25) is 5.95 Å². The first kappa shape index (κ1) is 13.4. The average Bonchev–Trinajstić information content (AvgIpc) is 3.10. The fourth-order valence-electron chi connectivity index (χ4n) is 3.24. The fourth-order valence-corrected chi connectivity index (χ4v) is 3.24. The third kappa shape index (κ3) is 2.08. The lowest BCUT2D eigenvalue weighted by Gasteiger charge is -2.24. The summed E-state index contributed by atoms with van der Waals surface area (Å²) in [6.45, 7) is 7.65. The van der Waals surface area contributed by atoms with E-state index in [2.05, 4.69) is 33.4 Å². The Hall–Kier alpha value is -1.56. The number of nitrogen functional groups attached to an aromatic ring is 1. The molecule has 0 bridgehead atoms. The molecule has 0 amide bonds. The standard InChI is InChI=1S/C14H24N6/c1-4-11-12-13(18(3)17-11)20(14(15)16-12)9-10(2)19-7-5-6-8-19/h10H,4-9H2,1-3H3,(H2,15,16). The summed E-state index contributed by atoms with van der Waals surface area (Å²) in [6.07, 6.45) is 3.51. The molecule has 3 rings (SSSR count). The van der Waals surface area contributed by atoms with E-state index < -0.39 is 0 Å². The molecule has 2 aromatic rings. The van der Waals surface area contributed by atoms with Gasteiger partial charge in [0, 0.05) is 19.6 Å². The molecular weight excluding hydrogens is 252 g/mol. The largest absolute Gasteiger partial charge is 0.369 e. The van der Waals surface area contributed by atoms with Crippen LogP contribution in [0.3, 0.4) is 0 Å². The third-order valence-electron chi connectivity index (χ3n) is 4.37. The smallest absolute Gasteiger partial charge is 0.202 e. The van der Waals surface area contributed by atoms with E-state index in [1.165, 1.54) is 25.9 Å². The van der Waals surface area contributed by atoms with Gasteiger partial charge in [-0.2, -0.15) is 5.10 Å². The van der Waals surface area contributed by atoms with E-state index in [1.807, 2.05) is 11.7 Å². The summed E-state index contributed by atoms with van der Waals surface area (Å²) in [7, 11) is 1.97. The van der Waals surface area contributed by atoms with Crippen molar-refractivity contribution >= 4 is 17.1 Å². The number of aryl methyl sites for hydroxylation is 2. The Bertz CT molecular complexity index is 605. The molecule has 20 heavy (non-hydrogen) atoms. The van der Waals surface area contributed by atoms with Gasteiger partial charge in [-0.15, -0.1) is 0 Å². The molecule has 2 N–H and O–H groups in total. The molecule has 110 valence electrons. The second-order valence-electron chi connectivity index (χ2n) is 5.77. The first-order valence-corrected chi connectivity index (χ1v) is 7.53. The van der Waals surface area contributed by atoms with Gasteiger partial charge in [-0.1, -0.05) is 6.92 Å². The van der Waals surface area contributed by atoms with Gasteiger partial charge in [-0.3, -0.25) is 14.1 Å². The molecule has 1 saturated heterocycles. The van der Waals surface area contributed by atoms with Crippen molar-refractivity contribution in [2.45, 2.75) is 45.7 Å². The Morgan fingerprint density at radius 2 is 2.00 bits per heavy atom. The molecule has 0 radical (unpaired) electrons. The van der Waals surface area contributed by atoms with E-state index >= 15 is 0 Å². The Kier molecular flexibility index (Phi) is 3.41. The molecule has 0 aromatic carbocycles. The minimum Gasteiger partial charge on any atom is -0.369 e. The molecule has 2 aromatic heterocycles. The molecule has 1 aliphatic heterocycles. The highest BCUT2D eigenvalue weighted by Gasteiger charge is 2.22. The summed E-state index contributed by atoms with van der Waals surface area (Å²) >= 11 is 0. The van der Waals surface area contributed by atoms with Crippen LogP contribution in [0.1, 0.15) is 32.4 Å². The van der Waals surface area contributed by atoms with Crippen LogP contribution in [0, 0.1) is 0 Å². The Labute approximate surface area is 119 Å². The van der Waals surface area contributed by atoms with Crippen LogP contribution in [-0.4, -0.2) is 43.4 Å². The summed E-state index contributed by atoms with van der Waals surface area (Å²) in [5, 5.41) is 4.54. The second kappa shape index (κ2) is 5.09. The summed E-state index contributed by atoms with van der Waals surface area (Å²) in [4.78, 5) is 7.05. The second-order valence-corrected chi connectivity index (χ2v) is 5.77. The molecule has 0 saturated carbocycles. The lowest BCUT2D eigenvalue weighted by molar-refractivity contribution is 0.237. The van der Waals surface area contributed by atoms with Gasteiger partial charge in [-0.05, 0) is 39.3 Å². The zero-order chi connectivity index (χ0) is 14.3. The lowest BCUT2D eigenvalue weighted by Crippen LogP contribution is -2.34. The normalized spacial score (nSPS) is 18.1. The number of fused-ring (bicyclic) bond motifs is 1. The number of rotatable bonds is 4. The summed E-state index contributed by atoms with van der Waals surface area (Å²) in [6, 6.07) is 0.483. The van der Waals surface area contributed by atoms with Crippen LogP contribution < -0.4 is 5.73 Å². The highest BCUT2D eigenvalue weighted by Crippen LogP contribution is 2.23. The van der Waals surface area contributed by atoms with Crippen molar-refractivity contribution < 1.29 is 0 Å². The van der Waals surface area contributed by atoms with Crippen molar-refractivity contribution in [3.05, 3.63) is 5.69 Å². The number of anilines is 1. The number of nitrogens with two attached hydrogens (primary N) is 1. The predicted octanol–water partition coefficient (Wildman–Crippen LogP) is 1.40. The fraction of sp³-hybridized carbons (Fsp3) is 0.714. The van der Waals surface area contributed by atoms with E-state index in [0.717, 1.165) is 29.8 Å². The van der Waals surface area contributed by atoms with Crippen LogP contribution in [0.5, 0.6) is 0 Å². The Morgan fingerprint density at radius 1 is 1.30 bits per heavy atom. The van der Waals surface area contributed by atoms with Gasteiger partial charge in [0.15, 0.2) is 5.65 Å². The maximum atomic E-state index is 6.13. The minimum absolute atomic E-state index is 0.483.